The van der Waals surface area contributed by atoms with Crippen LogP contribution >= 0.6 is 0 Å². The number of rotatable bonds is 7. The second kappa shape index (κ2) is 8.08. The summed E-state index contributed by atoms with van der Waals surface area (Å²) >= 11 is 0. The third-order valence-electron chi connectivity index (χ3n) is 2.88. The molecule has 5 nitrogen and oxygen atoms in total. The molecule has 2 N–H and O–H groups in total. The molecule has 1 atom stereocenters. The highest BCUT2D eigenvalue weighted by atomic mass is 16.6. The van der Waals surface area contributed by atoms with Crippen LogP contribution in [0.2, 0.25) is 0 Å². The van der Waals surface area contributed by atoms with Crippen molar-refractivity contribution in [3.8, 4) is 0 Å². The highest BCUT2D eigenvalue weighted by molar-refractivity contribution is 5.67. The Morgan fingerprint density at radius 3 is 2.57 bits per heavy atom. The minimum absolute atomic E-state index is 0.0650. The van der Waals surface area contributed by atoms with Crippen LogP contribution in [0.15, 0.2) is 16.5 Å². The van der Waals surface area contributed by atoms with Crippen LogP contribution in [0.25, 0.3) is 0 Å². The predicted octanol–water partition coefficient (Wildman–Crippen LogP) is 3.23. The summed E-state index contributed by atoms with van der Waals surface area (Å²) in [5.41, 5.74) is -0.460. The fourth-order valence-corrected chi connectivity index (χ4v) is 1.82. The minimum atomic E-state index is -0.460. The first-order chi connectivity index (χ1) is 9.80. The molecule has 0 fully saturated rings. The van der Waals surface area contributed by atoms with E-state index in [2.05, 4.69) is 17.6 Å². The van der Waals surface area contributed by atoms with Crippen molar-refractivity contribution < 1.29 is 13.9 Å². The SMILES string of the molecule is CCc1ccc(CNCCC(C)NC(=O)OC(C)(C)C)o1. The Kier molecular flexibility index (Phi) is 6.75. The van der Waals surface area contributed by atoms with E-state index in [0.29, 0.717) is 6.54 Å². The van der Waals surface area contributed by atoms with Gasteiger partial charge < -0.3 is 19.8 Å². The lowest BCUT2D eigenvalue weighted by atomic mass is 10.2. The average molecular weight is 296 g/mol. The zero-order valence-corrected chi connectivity index (χ0v) is 13.8. The molecular weight excluding hydrogens is 268 g/mol. The maximum absolute atomic E-state index is 11.6. The predicted molar refractivity (Wildman–Crippen MR) is 83.2 cm³/mol. The standard InChI is InChI=1S/C16H28N2O3/c1-6-13-7-8-14(20-13)11-17-10-9-12(2)18-15(19)21-16(3,4)5/h7-8,12,17H,6,9-11H2,1-5H3,(H,18,19). The molecular formula is C16H28N2O3. The molecule has 0 aromatic carbocycles. The summed E-state index contributed by atoms with van der Waals surface area (Å²) in [6.45, 7) is 11.1. The summed E-state index contributed by atoms with van der Waals surface area (Å²) in [5, 5.41) is 6.13. The number of hydrogen-bond acceptors (Lipinski definition) is 4. The Balaban J connectivity index is 2.15. The molecule has 0 radical (unpaired) electrons. The molecule has 0 aliphatic carbocycles. The molecule has 1 amide bonds. The molecule has 5 heteroatoms. The van der Waals surface area contributed by atoms with Gasteiger partial charge in [-0.25, -0.2) is 4.79 Å². The molecule has 1 heterocycles. The quantitative estimate of drug-likeness (QED) is 0.758. The van der Waals surface area contributed by atoms with Gasteiger partial charge in [-0.05, 0) is 52.8 Å². The Bertz CT molecular complexity index is 435. The van der Waals surface area contributed by atoms with Crippen molar-refractivity contribution >= 4 is 6.09 Å². The summed E-state index contributed by atoms with van der Waals surface area (Å²) in [5.74, 6) is 1.95. The number of carbonyl (C=O) groups excluding carboxylic acids is 1. The third kappa shape index (κ3) is 7.75. The van der Waals surface area contributed by atoms with E-state index in [1.54, 1.807) is 0 Å². The highest BCUT2D eigenvalue weighted by Crippen LogP contribution is 2.08. The first kappa shape index (κ1) is 17.6. The van der Waals surface area contributed by atoms with Crippen molar-refractivity contribution in [1.82, 2.24) is 10.6 Å². The van der Waals surface area contributed by atoms with Crippen molar-refractivity contribution in [2.24, 2.45) is 0 Å². The van der Waals surface area contributed by atoms with Crippen LogP contribution in [0.3, 0.4) is 0 Å². The number of nitrogens with one attached hydrogen (secondary N) is 2. The lowest BCUT2D eigenvalue weighted by Crippen LogP contribution is -2.38. The molecule has 1 rings (SSSR count). The van der Waals surface area contributed by atoms with Crippen molar-refractivity contribution in [3.05, 3.63) is 23.7 Å². The first-order valence-corrected chi connectivity index (χ1v) is 7.58. The average Bonchev–Trinajstić information content (AvgIpc) is 2.80. The minimum Gasteiger partial charge on any atom is -0.465 e. The van der Waals surface area contributed by atoms with Crippen LogP contribution in [-0.2, 0) is 17.7 Å². The molecule has 120 valence electrons. The molecule has 21 heavy (non-hydrogen) atoms. The molecule has 0 aliphatic rings. The largest absolute Gasteiger partial charge is 0.465 e. The molecule has 1 unspecified atom stereocenters. The number of amides is 1. The van der Waals surface area contributed by atoms with E-state index in [1.807, 2.05) is 39.8 Å². The topological polar surface area (TPSA) is 63.5 Å². The number of aryl methyl sites for hydroxylation is 1. The zero-order chi connectivity index (χ0) is 15.9. The third-order valence-corrected chi connectivity index (χ3v) is 2.88. The van der Waals surface area contributed by atoms with Crippen LogP contribution < -0.4 is 10.6 Å². The van der Waals surface area contributed by atoms with Crippen LogP contribution in [-0.4, -0.2) is 24.3 Å². The Labute approximate surface area is 127 Å². The van der Waals surface area contributed by atoms with Crippen LogP contribution in [0.4, 0.5) is 4.79 Å². The second-order valence-electron chi connectivity index (χ2n) is 6.23. The van der Waals surface area contributed by atoms with E-state index in [4.69, 9.17) is 9.15 Å². The number of alkyl carbamates (subject to hydrolysis) is 1. The number of hydrogen-bond donors (Lipinski definition) is 2. The van der Waals surface area contributed by atoms with Gasteiger partial charge in [0.1, 0.15) is 17.1 Å². The van der Waals surface area contributed by atoms with Gasteiger partial charge in [0.05, 0.1) is 6.54 Å². The van der Waals surface area contributed by atoms with Crippen molar-refractivity contribution in [2.75, 3.05) is 6.54 Å². The van der Waals surface area contributed by atoms with Crippen LogP contribution in [0.1, 0.15) is 52.6 Å². The van der Waals surface area contributed by atoms with Crippen LogP contribution in [0, 0.1) is 0 Å². The van der Waals surface area contributed by atoms with Gasteiger partial charge in [-0.2, -0.15) is 0 Å². The molecule has 0 spiro atoms. The Morgan fingerprint density at radius 1 is 1.33 bits per heavy atom. The molecule has 1 aromatic heterocycles. The lowest BCUT2D eigenvalue weighted by molar-refractivity contribution is 0.0506. The summed E-state index contributed by atoms with van der Waals surface area (Å²) in [4.78, 5) is 11.6. The van der Waals surface area contributed by atoms with Crippen molar-refractivity contribution in [3.63, 3.8) is 0 Å². The van der Waals surface area contributed by atoms with Crippen molar-refractivity contribution in [1.29, 1.82) is 0 Å². The molecule has 0 aliphatic heterocycles. The van der Waals surface area contributed by atoms with E-state index < -0.39 is 5.60 Å². The van der Waals surface area contributed by atoms with E-state index in [-0.39, 0.29) is 12.1 Å². The summed E-state index contributed by atoms with van der Waals surface area (Å²) in [6, 6.07) is 4.06. The highest BCUT2D eigenvalue weighted by Gasteiger charge is 2.17. The number of carbonyl (C=O) groups is 1. The fourth-order valence-electron chi connectivity index (χ4n) is 1.82. The normalized spacial score (nSPS) is 13.0. The summed E-state index contributed by atoms with van der Waals surface area (Å²) in [6.07, 6.45) is 1.38. The molecule has 0 saturated heterocycles. The maximum Gasteiger partial charge on any atom is 0.407 e. The van der Waals surface area contributed by atoms with Gasteiger partial charge in [0, 0.05) is 12.5 Å². The van der Waals surface area contributed by atoms with Gasteiger partial charge in [0.15, 0.2) is 0 Å². The van der Waals surface area contributed by atoms with Gasteiger partial charge in [-0.1, -0.05) is 6.92 Å². The summed E-state index contributed by atoms with van der Waals surface area (Å²) < 4.78 is 10.8. The monoisotopic (exact) mass is 296 g/mol. The van der Waals surface area contributed by atoms with E-state index in [0.717, 1.165) is 30.9 Å². The zero-order valence-electron chi connectivity index (χ0n) is 13.8. The maximum atomic E-state index is 11.6. The van der Waals surface area contributed by atoms with Crippen LogP contribution in [0.5, 0.6) is 0 Å². The van der Waals surface area contributed by atoms with Gasteiger partial charge >= 0.3 is 6.09 Å². The van der Waals surface area contributed by atoms with E-state index in [1.165, 1.54) is 0 Å². The van der Waals surface area contributed by atoms with E-state index >= 15 is 0 Å². The Hall–Kier alpha value is -1.49. The van der Waals surface area contributed by atoms with Crippen molar-refractivity contribution in [2.45, 2.75) is 65.6 Å². The molecule has 0 saturated carbocycles. The smallest absolute Gasteiger partial charge is 0.407 e. The number of furan rings is 1. The van der Waals surface area contributed by atoms with Gasteiger partial charge in [-0.15, -0.1) is 0 Å². The fraction of sp³-hybridized carbons (Fsp3) is 0.688. The Morgan fingerprint density at radius 2 is 2.00 bits per heavy atom. The van der Waals surface area contributed by atoms with Gasteiger partial charge in [0.25, 0.3) is 0 Å². The lowest BCUT2D eigenvalue weighted by Gasteiger charge is -2.22. The molecule has 0 bridgehead atoms. The second-order valence-corrected chi connectivity index (χ2v) is 6.23. The first-order valence-electron chi connectivity index (χ1n) is 7.58. The van der Waals surface area contributed by atoms with Gasteiger partial charge in [0.2, 0.25) is 0 Å². The van der Waals surface area contributed by atoms with Gasteiger partial charge in [-0.3, -0.25) is 0 Å². The number of ether oxygens (including phenoxy) is 1. The van der Waals surface area contributed by atoms with E-state index in [9.17, 15) is 4.79 Å². The summed E-state index contributed by atoms with van der Waals surface area (Å²) in [7, 11) is 0. The molecule has 1 aromatic rings.